The molecule has 0 bridgehead atoms. The van der Waals surface area contributed by atoms with Crippen LogP contribution in [0.2, 0.25) is 0 Å². The number of rotatable bonds is 1. The molecule has 0 atom stereocenters. The van der Waals surface area contributed by atoms with Crippen molar-refractivity contribution in [2.45, 2.75) is 96.9 Å². The van der Waals surface area contributed by atoms with E-state index in [9.17, 15) is 0 Å². The Morgan fingerprint density at radius 1 is 0.533 bits per heavy atom. The Morgan fingerprint density at radius 3 is 0.833 bits per heavy atom. The van der Waals surface area contributed by atoms with Gasteiger partial charge in [-0.2, -0.15) is 27.8 Å². The van der Waals surface area contributed by atoms with E-state index in [2.05, 4.69) is 81.4 Å². The maximum absolute atomic E-state index is 3.03. The molecule has 2 aromatic carbocycles. The first-order chi connectivity index (χ1) is 12.8. The van der Waals surface area contributed by atoms with Gasteiger partial charge in [-0.25, -0.2) is 34.6 Å². The smallest absolute Gasteiger partial charge is 0.731 e. The first-order valence-electron chi connectivity index (χ1n) is 10.2. The van der Waals surface area contributed by atoms with Gasteiger partial charge in [0.15, 0.2) is 0 Å². The molecule has 0 aliphatic heterocycles. The molecule has 0 N–H and O–H groups in total. The van der Waals surface area contributed by atoms with Crippen LogP contribution in [0.3, 0.4) is 0 Å². The van der Waals surface area contributed by atoms with Crippen LogP contribution < -0.4 is 0 Å². The topological polar surface area (TPSA) is 0 Å². The van der Waals surface area contributed by atoms with Crippen molar-refractivity contribution in [1.82, 2.24) is 0 Å². The summed E-state index contributed by atoms with van der Waals surface area (Å²) in [5.74, 6) is 0. The van der Waals surface area contributed by atoms with Crippen LogP contribution in [0.4, 0.5) is 0 Å². The first-order valence-corrected chi connectivity index (χ1v) is 10.2. The fraction of sp³-hybridized carbons (Fsp3) is 0.500. The molecule has 0 aliphatic carbocycles. The van der Waals surface area contributed by atoms with Gasteiger partial charge in [0.2, 0.25) is 0 Å². The van der Waals surface area contributed by atoms with Crippen molar-refractivity contribution >= 4 is 0 Å². The van der Waals surface area contributed by atoms with Gasteiger partial charge in [-0.3, -0.25) is 0 Å². The monoisotopic (exact) mass is 482 g/mol. The second kappa shape index (κ2) is 15.1. The molecule has 0 heterocycles. The van der Waals surface area contributed by atoms with Crippen LogP contribution >= 0.6 is 0 Å². The van der Waals surface area contributed by atoms with Crippen molar-refractivity contribution in [2.24, 2.45) is 0 Å². The van der Waals surface area contributed by atoms with Crippen LogP contribution in [-0.2, 0) is 34.7 Å². The summed E-state index contributed by atoms with van der Waals surface area (Å²) in [6, 6.07) is 0. The van der Waals surface area contributed by atoms with E-state index in [4.69, 9.17) is 0 Å². The predicted octanol–water partition coefficient (Wildman–Crippen LogP) is 8.42. The van der Waals surface area contributed by atoms with Crippen molar-refractivity contribution in [1.29, 1.82) is 0 Å². The molecule has 0 aromatic heterocycles. The second-order valence-electron chi connectivity index (χ2n) is 8.00. The van der Waals surface area contributed by atoms with Gasteiger partial charge in [-0.05, 0) is 0 Å². The van der Waals surface area contributed by atoms with Crippen LogP contribution in [0.25, 0.3) is 0 Å². The third-order valence-electron chi connectivity index (χ3n) is 6.94. The van der Waals surface area contributed by atoms with E-state index in [1.807, 2.05) is 27.7 Å². The predicted molar refractivity (Wildman–Crippen MR) is 128 cm³/mol. The minimum absolute atomic E-state index is 0. The minimum Gasteiger partial charge on any atom is -0.731 e. The number of allylic oxidation sites excluding steroid dienone is 4. The molecule has 162 valence electrons. The molecule has 0 unspecified atom stereocenters. The van der Waals surface area contributed by atoms with E-state index < -0.39 is 0 Å². The third kappa shape index (κ3) is 8.41. The van der Waals surface area contributed by atoms with Crippen molar-refractivity contribution in [3.05, 3.63) is 78.9 Å². The van der Waals surface area contributed by atoms with Gasteiger partial charge in [0.25, 0.3) is 0 Å². The first kappa shape index (κ1) is 33.9. The Hall–Kier alpha value is -0.755. The minimum atomic E-state index is 0. The zero-order chi connectivity index (χ0) is 22.3. The summed E-state index contributed by atoms with van der Waals surface area (Å²) >= 11 is 0. The summed E-state index contributed by atoms with van der Waals surface area (Å²) in [6.45, 7) is 29.9. The molecule has 2 rings (SSSR count). The third-order valence-corrected chi connectivity index (χ3v) is 6.94. The van der Waals surface area contributed by atoms with Gasteiger partial charge < -0.3 is 51.1 Å². The Labute approximate surface area is 209 Å². The summed E-state index contributed by atoms with van der Waals surface area (Å²) in [7, 11) is 0. The zero-order valence-electron chi connectivity index (χ0n) is 21.8. The molecular weight excluding hydrogens is 440 g/mol. The standard InChI is InChI=1S/2C10H15.C8H12.2Cr/c2*1-6-7(2)9(4)10(5)8(6)3;1-5-7(3)8(4)6-2;;/h2*1-5H3;1-4H3;;/q-5;-1;-2;2*+6. The SMILES string of the molecule is C[C-]=C(C)C(C)=[C-]C.C[c-]1[c-](C)[c-](C)[c-](C)[c-]1C.Cc1c(C)c(C)[c-](C)c1C.[Cr+6].[Cr+6]. The molecular formula is C28H42Cr2+4. The van der Waals surface area contributed by atoms with Crippen LogP contribution in [0.15, 0.2) is 11.1 Å². The number of hydrogen-bond donors (Lipinski definition) is 0. The molecule has 0 nitrogen and oxygen atoms in total. The van der Waals surface area contributed by atoms with E-state index in [-0.39, 0.29) is 34.7 Å². The van der Waals surface area contributed by atoms with Gasteiger partial charge >= 0.3 is 34.7 Å². The molecule has 30 heavy (non-hydrogen) atoms. The maximum atomic E-state index is 3.03. The fourth-order valence-corrected chi connectivity index (χ4v) is 3.19. The molecule has 0 radical (unpaired) electrons. The van der Waals surface area contributed by atoms with Crippen LogP contribution in [0, 0.1) is 81.4 Å². The largest absolute Gasteiger partial charge is 6.00 e. The average Bonchev–Trinajstić information content (AvgIpc) is 2.97. The van der Waals surface area contributed by atoms with Gasteiger partial charge in [-0.15, -0.1) is 27.7 Å². The van der Waals surface area contributed by atoms with Crippen LogP contribution in [-0.4, -0.2) is 0 Å². The van der Waals surface area contributed by atoms with E-state index in [0.29, 0.717) is 0 Å². The molecule has 2 heteroatoms. The average molecular weight is 483 g/mol. The normalized spacial score (nSPS) is 10.9. The zero-order valence-corrected chi connectivity index (χ0v) is 24.4. The van der Waals surface area contributed by atoms with Gasteiger partial charge in [0.05, 0.1) is 0 Å². The molecule has 2 aromatic rings. The van der Waals surface area contributed by atoms with Gasteiger partial charge in [0.1, 0.15) is 0 Å². The van der Waals surface area contributed by atoms with E-state index in [0.717, 1.165) is 0 Å². The van der Waals surface area contributed by atoms with Crippen LogP contribution in [0.1, 0.15) is 83.3 Å². The summed E-state index contributed by atoms with van der Waals surface area (Å²) in [5.41, 5.74) is 17.1. The van der Waals surface area contributed by atoms with Gasteiger partial charge in [-0.1, -0.05) is 34.6 Å². The Morgan fingerprint density at radius 2 is 0.733 bits per heavy atom. The van der Waals surface area contributed by atoms with E-state index in [1.165, 1.54) is 66.8 Å². The summed E-state index contributed by atoms with van der Waals surface area (Å²) in [4.78, 5) is 0. The quantitative estimate of drug-likeness (QED) is 0.283. The molecule has 0 saturated heterocycles. The summed E-state index contributed by atoms with van der Waals surface area (Å²) in [5, 5.41) is 0. The summed E-state index contributed by atoms with van der Waals surface area (Å²) in [6.07, 6.45) is 6.07. The fourth-order valence-electron chi connectivity index (χ4n) is 3.19. The van der Waals surface area contributed by atoms with Crippen molar-refractivity contribution in [2.75, 3.05) is 0 Å². The molecule has 0 amide bonds. The second-order valence-corrected chi connectivity index (χ2v) is 8.00. The Balaban J connectivity index is -0.000000356. The van der Waals surface area contributed by atoms with E-state index >= 15 is 0 Å². The summed E-state index contributed by atoms with van der Waals surface area (Å²) < 4.78 is 0. The Kier molecular flexibility index (Phi) is 17.1. The number of hydrogen-bond acceptors (Lipinski definition) is 0. The van der Waals surface area contributed by atoms with Crippen molar-refractivity contribution in [3.63, 3.8) is 0 Å². The van der Waals surface area contributed by atoms with Gasteiger partial charge in [0, 0.05) is 0 Å². The van der Waals surface area contributed by atoms with E-state index in [1.54, 1.807) is 0 Å². The van der Waals surface area contributed by atoms with Crippen LogP contribution in [0.5, 0.6) is 0 Å². The molecule has 0 aliphatic rings. The molecule has 0 spiro atoms. The van der Waals surface area contributed by atoms with Crippen molar-refractivity contribution < 1.29 is 34.7 Å². The molecule has 0 saturated carbocycles. The molecule has 0 fully saturated rings. The maximum Gasteiger partial charge on any atom is 6.00 e. The Bertz CT molecular complexity index is 619. The van der Waals surface area contributed by atoms with Crippen molar-refractivity contribution in [3.8, 4) is 0 Å².